The third-order valence-corrected chi connectivity index (χ3v) is 4.94. The average molecular weight is 400 g/mol. The van der Waals surface area contributed by atoms with Crippen molar-refractivity contribution in [3.63, 3.8) is 0 Å². The number of ether oxygens (including phenoxy) is 2. The number of rotatable bonds is 6. The van der Waals surface area contributed by atoms with E-state index in [-0.39, 0.29) is 6.04 Å². The Kier molecular flexibility index (Phi) is 6.09. The third-order valence-electron chi connectivity index (χ3n) is 4.94. The van der Waals surface area contributed by atoms with Gasteiger partial charge in [0.25, 0.3) is 0 Å². The van der Waals surface area contributed by atoms with Crippen molar-refractivity contribution in [1.29, 1.82) is 0 Å². The number of methoxy groups -OCH3 is 2. The van der Waals surface area contributed by atoms with Crippen LogP contribution in [0.2, 0.25) is 0 Å². The zero-order valence-electron chi connectivity index (χ0n) is 15.7. The predicted molar refractivity (Wildman–Crippen MR) is 97.9 cm³/mol. The quantitative estimate of drug-likeness (QED) is 0.769. The SMILES string of the molecule is COc1cc2nncc(N3CCC(NCC(O)C(F)(F)F)CC3)c2cc1OC. The Morgan fingerprint density at radius 2 is 1.86 bits per heavy atom. The van der Waals surface area contributed by atoms with E-state index in [4.69, 9.17) is 14.6 Å². The molecule has 1 unspecified atom stereocenters. The van der Waals surface area contributed by atoms with Gasteiger partial charge in [-0.25, -0.2) is 0 Å². The number of benzene rings is 1. The van der Waals surface area contributed by atoms with Crippen LogP contribution in [0, 0.1) is 0 Å². The van der Waals surface area contributed by atoms with E-state index in [0.29, 0.717) is 42.9 Å². The molecule has 0 saturated carbocycles. The summed E-state index contributed by atoms with van der Waals surface area (Å²) in [4.78, 5) is 2.13. The van der Waals surface area contributed by atoms with E-state index in [0.717, 1.165) is 11.1 Å². The molecule has 28 heavy (non-hydrogen) atoms. The number of hydrogen-bond donors (Lipinski definition) is 2. The number of nitrogens with one attached hydrogen (secondary N) is 1. The fraction of sp³-hybridized carbons (Fsp3) is 0.556. The molecule has 3 rings (SSSR count). The van der Waals surface area contributed by atoms with Gasteiger partial charge in [-0.15, -0.1) is 0 Å². The fourth-order valence-electron chi connectivity index (χ4n) is 3.34. The van der Waals surface area contributed by atoms with Crippen molar-refractivity contribution in [3.8, 4) is 11.5 Å². The van der Waals surface area contributed by atoms with Crippen molar-refractivity contribution >= 4 is 16.6 Å². The van der Waals surface area contributed by atoms with E-state index < -0.39 is 18.8 Å². The summed E-state index contributed by atoms with van der Waals surface area (Å²) in [7, 11) is 3.11. The molecule has 1 saturated heterocycles. The number of aliphatic hydroxyl groups excluding tert-OH is 1. The van der Waals surface area contributed by atoms with Crippen LogP contribution in [0.5, 0.6) is 11.5 Å². The molecule has 1 fully saturated rings. The summed E-state index contributed by atoms with van der Waals surface area (Å²) in [5.41, 5.74) is 1.56. The minimum atomic E-state index is -4.60. The van der Waals surface area contributed by atoms with Crippen LogP contribution in [0.1, 0.15) is 12.8 Å². The van der Waals surface area contributed by atoms with Gasteiger partial charge in [-0.05, 0) is 18.9 Å². The highest BCUT2D eigenvalue weighted by Crippen LogP contribution is 2.36. The van der Waals surface area contributed by atoms with Gasteiger partial charge in [0.15, 0.2) is 17.6 Å². The van der Waals surface area contributed by atoms with Gasteiger partial charge in [0.2, 0.25) is 0 Å². The normalized spacial score (nSPS) is 17.0. The van der Waals surface area contributed by atoms with Gasteiger partial charge < -0.3 is 24.8 Å². The number of halogens is 3. The van der Waals surface area contributed by atoms with Crippen molar-refractivity contribution in [1.82, 2.24) is 15.5 Å². The Hall–Kier alpha value is -2.33. The van der Waals surface area contributed by atoms with Crippen LogP contribution in [-0.2, 0) is 0 Å². The first kappa shape index (κ1) is 20.4. The number of nitrogens with zero attached hydrogens (tertiary/aromatic N) is 3. The Bertz CT molecular complexity index is 810. The second-order valence-electron chi connectivity index (χ2n) is 6.68. The van der Waals surface area contributed by atoms with Crippen LogP contribution in [0.3, 0.4) is 0 Å². The van der Waals surface area contributed by atoms with Crippen molar-refractivity contribution in [2.75, 3.05) is 38.8 Å². The first-order valence-corrected chi connectivity index (χ1v) is 8.94. The molecular formula is C18H23F3N4O3. The van der Waals surface area contributed by atoms with Gasteiger partial charge in [0.1, 0.15) is 0 Å². The number of aromatic nitrogens is 2. The van der Waals surface area contributed by atoms with E-state index in [9.17, 15) is 13.2 Å². The lowest BCUT2D eigenvalue weighted by molar-refractivity contribution is -0.202. The zero-order valence-corrected chi connectivity index (χ0v) is 15.7. The lowest BCUT2D eigenvalue weighted by atomic mass is 10.0. The molecule has 7 nitrogen and oxygen atoms in total. The van der Waals surface area contributed by atoms with Crippen molar-refractivity contribution in [3.05, 3.63) is 18.3 Å². The van der Waals surface area contributed by atoms with Crippen molar-refractivity contribution in [2.24, 2.45) is 0 Å². The first-order chi connectivity index (χ1) is 13.3. The van der Waals surface area contributed by atoms with Gasteiger partial charge in [0, 0.05) is 37.1 Å². The molecule has 1 atom stereocenters. The second kappa shape index (κ2) is 8.36. The number of aliphatic hydroxyl groups is 1. The largest absolute Gasteiger partial charge is 0.493 e. The Labute approximate surface area is 160 Å². The van der Waals surface area contributed by atoms with Crippen LogP contribution < -0.4 is 19.7 Å². The van der Waals surface area contributed by atoms with Gasteiger partial charge in [0.05, 0.1) is 31.6 Å². The Morgan fingerprint density at radius 3 is 2.46 bits per heavy atom. The number of piperidine rings is 1. The molecule has 0 amide bonds. The summed E-state index contributed by atoms with van der Waals surface area (Å²) in [6.45, 7) is 0.800. The molecule has 154 valence electrons. The number of hydrogen-bond acceptors (Lipinski definition) is 7. The second-order valence-corrected chi connectivity index (χ2v) is 6.68. The smallest absolute Gasteiger partial charge is 0.415 e. The molecule has 2 aromatic rings. The molecule has 1 aromatic heterocycles. The standard InChI is InChI=1S/C18H23F3N4O3/c1-27-15-7-12-13(8-16(15)28-2)24-23-9-14(12)25-5-3-11(4-6-25)22-10-17(26)18(19,20)21/h7-9,11,17,22,26H,3-6,10H2,1-2H3. The summed E-state index contributed by atoms with van der Waals surface area (Å²) in [6.07, 6.45) is -3.96. The Morgan fingerprint density at radius 1 is 1.21 bits per heavy atom. The molecule has 1 aliphatic rings. The molecule has 0 bridgehead atoms. The highest BCUT2D eigenvalue weighted by molar-refractivity contribution is 5.93. The lowest BCUT2D eigenvalue weighted by Gasteiger charge is -2.34. The third kappa shape index (κ3) is 4.39. The minimum Gasteiger partial charge on any atom is -0.493 e. The van der Waals surface area contributed by atoms with E-state index in [1.807, 2.05) is 6.07 Å². The van der Waals surface area contributed by atoms with E-state index >= 15 is 0 Å². The van der Waals surface area contributed by atoms with E-state index in [2.05, 4.69) is 20.4 Å². The maximum absolute atomic E-state index is 12.4. The molecule has 10 heteroatoms. The summed E-state index contributed by atoms with van der Waals surface area (Å²) in [5, 5.41) is 21.0. The van der Waals surface area contributed by atoms with Crippen LogP contribution in [-0.4, -0.2) is 67.5 Å². The fourth-order valence-corrected chi connectivity index (χ4v) is 3.34. The molecule has 0 aliphatic carbocycles. The number of alkyl halides is 3. The summed E-state index contributed by atoms with van der Waals surface area (Å²) in [5.74, 6) is 1.15. The molecule has 0 radical (unpaired) electrons. The van der Waals surface area contributed by atoms with Crippen molar-refractivity contribution in [2.45, 2.75) is 31.2 Å². The van der Waals surface area contributed by atoms with E-state index in [1.54, 1.807) is 26.5 Å². The summed E-state index contributed by atoms with van der Waals surface area (Å²) >= 11 is 0. The number of anilines is 1. The van der Waals surface area contributed by atoms with Crippen LogP contribution in [0.25, 0.3) is 10.9 Å². The van der Waals surface area contributed by atoms with Gasteiger partial charge >= 0.3 is 6.18 Å². The maximum Gasteiger partial charge on any atom is 0.415 e. The molecule has 0 spiro atoms. The van der Waals surface area contributed by atoms with Crippen LogP contribution in [0.15, 0.2) is 18.3 Å². The summed E-state index contributed by atoms with van der Waals surface area (Å²) < 4.78 is 47.9. The highest BCUT2D eigenvalue weighted by Gasteiger charge is 2.38. The minimum absolute atomic E-state index is 0.0797. The van der Waals surface area contributed by atoms with Gasteiger partial charge in [-0.3, -0.25) is 0 Å². The molecule has 1 aromatic carbocycles. The van der Waals surface area contributed by atoms with Gasteiger partial charge in [-0.1, -0.05) is 0 Å². The Balaban J connectivity index is 1.70. The molecular weight excluding hydrogens is 377 g/mol. The van der Waals surface area contributed by atoms with Crippen molar-refractivity contribution < 1.29 is 27.8 Å². The molecule has 1 aliphatic heterocycles. The predicted octanol–water partition coefficient (Wildman–Crippen LogP) is 2.13. The maximum atomic E-state index is 12.4. The summed E-state index contributed by atoms with van der Waals surface area (Å²) in [6, 6.07) is 3.53. The van der Waals surface area contributed by atoms with Crippen LogP contribution >= 0.6 is 0 Å². The average Bonchev–Trinajstić information content (AvgIpc) is 2.70. The topological polar surface area (TPSA) is 79.7 Å². The first-order valence-electron chi connectivity index (χ1n) is 8.94. The van der Waals surface area contributed by atoms with Gasteiger partial charge in [-0.2, -0.15) is 23.4 Å². The molecule has 2 heterocycles. The molecule has 2 N–H and O–H groups in total. The monoisotopic (exact) mass is 400 g/mol. The highest BCUT2D eigenvalue weighted by atomic mass is 19.4. The zero-order chi connectivity index (χ0) is 20.3. The van der Waals surface area contributed by atoms with Crippen LogP contribution in [0.4, 0.5) is 18.9 Å². The number of fused-ring (bicyclic) bond motifs is 1. The lowest BCUT2D eigenvalue weighted by Crippen LogP contribution is -2.47. The van der Waals surface area contributed by atoms with E-state index in [1.165, 1.54) is 0 Å².